The maximum Gasteiger partial charge on any atom is 0.251 e. The Hall–Kier alpha value is -2.82. The molecule has 3 aromatic carbocycles. The summed E-state index contributed by atoms with van der Waals surface area (Å²) in [6.07, 6.45) is 0. The van der Waals surface area contributed by atoms with E-state index in [0.29, 0.717) is 34.3 Å². The first-order chi connectivity index (χ1) is 13.5. The van der Waals surface area contributed by atoms with Gasteiger partial charge >= 0.3 is 0 Å². The highest BCUT2D eigenvalue weighted by Crippen LogP contribution is 2.11. The summed E-state index contributed by atoms with van der Waals surface area (Å²) in [7, 11) is 0. The quantitative estimate of drug-likeness (QED) is 0.607. The number of rotatable bonds is 6. The summed E-state index contributed by atoms with van der Waals surface area (Å²) < 4.78 is 0. The molecule has 0 aliphatic rings. The minimum absolute atomic E-state index is 0.168. The lowest BCUT2D eigenvalue weighted by molar-refractivity contribution is 0.0943. The number of nitrogens with one attached hydrogen (secondary N) is 2. The van der Waals surface area contributed by atoms with Crippen LogP contribution in [0.5, 0.6) is 0 Å². The molecule has 2 N–H and O–H groups in total. The van der Waals surface area contributed by atoms with Crippen LogP contribution in [0.15, 0.2) is 72.8 Å². The van der Waals surface area contributed by atoms with Crippen molar-refractivity contribution in [2.45, 2.75) is 13.1 Å². The van der Waals surface area contributed by atoms with Gasteiger partial charge in [-0.05, 0) is 59.7 Å². The molecular weight excluding hydrogens is 395 g/mol. The molecule has 0 saturated heterocycles. The first-order valence-electron chi connectivity index (χ1n) is 8.66. The molecule has 28 heavy (non-hydrogen) atoms. The molecule has 3 rings (SSSR count). The van der Waals surface area contributed by atoms with Gasteiger partial charge in [-0.15, -0.1) is 0 Å². The predicted molar refractivity (Wildman–Crippen MR) is 112 cm³/mol. The molecule has 0 heterocycles. The Kier molecular flexibility index (Phi) is 6.69. The van der Waals surface area contributed by atoms with Gasteiger partial charge in [-0.25, -0.2) is 0 Å². The molecule has 0 spiro atoms. The van der Waals surface area contributed by atoms with Crippen LogP contribution in [0.4, 0.5) is 0 Å². The van der Waals surface area contributed by atoms with Crippen LogP contribution < -0.4 is 10.6 Å². The average molecular weight is 413 g/mol. The molecule has 0 fully saturated rings. The monoisotopic (exact) mass is 412 g/mol. The molecule has 3 aromatic rings. The van der Waals surface area contributed by atoms with Crippen LogP contribution in [0.25, 0.3) is 0 Å². The summed E-state index contributed by atoms with van der Waals surface area (Å²) in [5.74, 6) is -0.337. The summed E-state index contributed by atoms with van der Waals surface area (Å²) >= 11 is 11.7. The minimum Gasteiger partial charge on any atom is -0.348 e. The van der Waals surface area contributed by atoms with Crippen molar-refractivity contribution in [3.05, 3.63) is 105 Å². The SMILES string of the molecule is O=C(NCc1cccc(CNC(=O)c2ccc(Cl)cc2)c1)c1ccc(Cl)cc1. The van der Waals surface area contributed by atoms with Crippen molar-refractivity contribution >= 4 is 35.0 Å². The Morgan fingerprint density at radius 2 is 1.04 bits per heavy atom. The fourth-order valence-corrected chi connectivity index (χ4v) is 2.87. The molecular formula is C22H18Cl2N2O2. The molecule has 6 heteroatoms. The Morgan fingerprint density at radius 3 is 1.43 bits per heavy atom. The Morgan fingerprint density at radius 1 is 0.643 bits per heavy atom. The molecule has 0 unspecified atom stereocenters. The number of carbonyl (C=O) groups excluding carboxylic acids is 2. The Bertz CT molecular complexity index is 894. The fourth-order valence-electron chi connectivity index (χ4n) is 2.62. The molecule has 142 valence electrons. The Labute approximate surface area is 173 Å². The summed E-state index contributed by atoms with van der Waals surface area (Å²) in [6.45, 7) is 0.779. The smallest absolute Gasteiger partial charge is 0.251 e. The number of hydrogen-bond acceptors (Lipinski definition) is 2. The minimum atomic E-state index is -0.168. The van der Waals surface area contributed by atoms with Gasteiger partial charge in [0.1, 0.15) is 0 Å². The molecule has 0 aromatic heterocycles. The van der Waals surface area contributed by atoms with Crippen LogP contribution in [0.1, 0.15) is 31.8 Å². The molecule has 2 amide bonds. The summed E-state index contributed by atoms with van der Waals surface area (Å²) in [6, 6.07) is 21.1. The number of halogens is 2. The van der Waals surface area contributed by atoms with Gasteiger partial charge < -0.3 is 10.6 Å². The first-order valence-corrected chi connectivity index (χ1v) is 9.42. The van der Waals surface area contributed by atoms with Gasteiger partial charge in [0.2, 0.25) is 0 Å². The largest absolute Gasteiger partial charge is 0.348 e. The van der Waals surface area contributed by atoms with Crippen molar-refractivity contribution in [3.8, 4) is 0 Å². The van der Waals surface area contributed by atoms with E-state index in [4.69, 9.17) is 23.2 Å². The maximum atomic E-state index is 12.2. The number of amides is 2. The molecule has 0 aliphatic heterocycles. The topological polar surface area (TPSA) is 58.2 Å². The zero-order valence-electron chi connectivity index (χ0n) is 14.9. The van der Waals surface area contributed by atoms with Gasteiger partial charge in [0.25, 0.3) is 11.8 Å². The second kappa shape index (κ2) is 9.40. The number of benzene rings is 3. The molecule has 0 saturated carbocycles. The van der Waals surface area contributed by atoms with E-state index in [1.54, 1.807) is 48.5 Å². The van der Waals surface area contributed by atoms with Crippen LogP contribution in [0.2, 0.25) is 10.0 Å². The van der Waals surface area contributed by atoms with Gasteiger partial charge in [0.05, 0.1) is 0 Å². The van der Waals surface area contributed by atoms with E-state index in [-0.39, 0.29) is 11.8 Å². The van der Waals surface area contributed by atoms with Crippen molar-refractivity contribution in [2.24, 2.45) is 0 Å². The van der Waals surface area contributed by atoms with Crippen molar-refractivity contribution in [1.29, 1.82) is 0 Å². The van der Waals surface area contributed by atoms with Crippen molar-refractivity contribution < 1.29 is 9.59 Å². The van der Waals surface area contributed by atoms with Gasteiger partial charge in [-0.2, -0.15) is 0 Å². The van der Waals surface area contributed by atoms with E-state index in [1.807, 2.05) is 24.3 Å². The molecule has 0 radical (unpaired) electrons. The normalized spacial score (nSPS) is 10.4. The standard InChI is InChI=1S/C22H18Cl2N2O2/c23-19-8-4-17(5-9-19)21(27)25-13-15-2-1-3-16(12-15)14-26-22(28)18-6-10-20(24)11-7-18/h1-12H,13-14H2,(H,25,27)(H,26,28). The van der Waals surface area contributed by atoms with E-state index < -0.39 is 0 Å². The van der Waals surface area contributed by atoms with E-state index in [0.717, 1.165) is 11.1 Å². The molecule has 0 aliphatic carbocycles. The van der Waals surface area contributed by atoms with Crippen LogP contribution >= 0.6 is 23.2 Å². The third-order valence-corrected chi connectivity index (χ3v) is 4.61. The van der Waals surface area contributed by atoms with Crippen LogP contribution in [-0.4, -0.2) is 11.8 Å². The summed E-state index contributed by atoms with van der Waals surface area (Å²) in [5, 5.41) is 6.93. The van der Waals surface area contributed by atoms with Gasteiger partial charge in [-0.1, -0.05) is 47.5 Å². The van der Waals surface area contributed by atoms with Crippen molar-refractivity contribution in [1.82, 2.24) is 10.6 Å². The maximum absolute atomic E-state index is 12.2. The summed E-state index contributed by atoms with van der Waals surface area (Å²) in [5.41, 5.74) is 2.99. The van der Waals surface area contributed by atoms with Crippen molar-refractivity contribution in [2.75, 3.05) is 0 Å². The van der Waals surface area contributed by atoms with Gasteiger partial charge in [0.15, 0.2) is 0 Å². The zero-order chi connectivity index (χ0) is 19.9. The fraction of sp³-hybridized carbons (Fsp3) is 0.0909. The third-order valence-electron chi connectivity index (χ3n) is 4.11. The lowest BCUT2D eigenvalue weighted by Crippen LogP contribution is -2.24. The van der Waals surface area contributed by atoms with E-state index in [9.17, 15) is 9.59 Å². The molecule has 4 nitrogen and oxygen atoms in total. The predicted octanol–water partition coefficient (Wildman–Crippen LogP) is 4.85. The van der Waals surface area contributed by atoms with Crippen molar-refractivity contribution in [3.63, 3.8) is 0 Å². The third kappa shape index (κ3) is 5.59. The van der Waals surface area contributed by atoms with Crippen LogP contribution in [0.3, 0.4) is 0 Å². The zero-order valence-corrected chi connectivity index (χ0v) is 16.4. The lowest BCUT2D eigenvalue weighted by Gasteiger charge is -2.09. The highest BCUT2D eigenvalue weighted by Gasteiger charge is 2.07. The second-order valence-corrected chi connectivity index (χ2v) is 7.07. The highest BCUT2D eigenvalue weighted by molar-refractivity contribution is 6.31. The second-order valence-electron chi connectivity index (χ2n) is 6.20. The van der Waals surface area contributed by atoms with Gasteiger partial charge in [-0.3, -0.25) is 9.59 Å². The van der Waals surface area contributed by atoms with E-state index in [2.05, 4.69) is 10.6 Å². The Balaban J connectivity index is 1.54. The summed E-state index contributed by atoms with van der Waals surface area (Å²) in [4.78, 5) is 24.4. The van der Waals surface area contributed by atoms with Crippen LogP contribution in [0, 0.1) is 0 Å². The van der Waals surface area contributed by atoms with Crippen LogP contribution in [-0.2, 0) is 13.1 Å². The molecule has 0 bridgehead atoms. The van der Waals surface area contributed by atoms with E-state index in [1.165, 1.54) is 0 Å². The van der Waals surface area contributed by atoms with Gasteiger partial charge in [0, 0.05) is 34.3 Å². The molecule has 0 atom stereocenters. The highest BCUT2D eigenvalue weighted by atomic mass is 35.5. The van der Waals surface area contributed by atoms with E-state index >= 15 is 0 Å². The lowest BCUT2D eigenvalue weighted by atomic mass is 10.1. The number of hydrogen-bond donors (Lipinski definition) is 2. The first kappa shape index (κ1) is 19.9. The number of carbonyl (C=O) groups is 2. The average Bonchev–Trinajstić information content (AvgIpc) is 2.71.